The second kappa shape index (κ2) is 13.3. The Hall–Kier alpha value is -3.33. The average Bonchev–Trinajstić information content (AvgIpc) is 2.84. The maximum absolute atomic E-state index is 12.7. The lowest BCUT2D eigenvalue weighted by Gasteiger charge is -2.19. The number of carbonyl (C=O) groups is 1. The van der Waals surface area contributed by atoms with Crippen LogP contribution in [0.4, 0.5) is 13.2 Å². The van der Waals surface area contributed by atoms with E-state index in [-0.39, 0.29) is 18.3 Å². The van der Waals surface area contributed by atoms with Gasteiger partial charge in [-0.15, -0.1) is 24.9 Å². The first-order valence-corrected chi connectivity index (χ1v) is 12.9. The van der Waals surface area contributed by atoms with E-state index < -0.39 is 18.1 Å². The zero-order valence-electron chi connectivity index (χ0n) is 20.6. The molecule has 9 heteroatoms. The van der Waals surface area contributed by atoms with Crippen LogP contribution >= 0.6 is 11.8 Å². The third-order valence-electron chi connectivity index (χ3n) is 5.41. The molecule has 198 valence electrons. The fourth-order valence-electron chi connectivity index (χ4n) is 3.60. The highest BCUT2D eigenvalue weighted by atomic mass is 32.2. The van der Waals surface area contributed by atoms with Gasteiger partial charge in [0, 0.05) is 23.1 Å². The molecule has 37 heavy (non-hydrogen) atoms. The molecule has 5 nitrogen and oxygen atoms in total. The van der Waals surface area contributed by atoms with Gasteiger partial charge in [-0.2, -0.15) is 0 Å². The summed E-state index contributed by atoms with van der Waals surface area (Å²) in [6, 6.07) is 18.6. The molecule has 0 aromatic heterocycles. The molecule has 0 unspecified atom stereocenters. The Morgan fingerprint density at radius 1 is 0.973 bits per heavy atom. The van der Waals surface area contributed by atoms with Gasteiger partial charge in [-0.3, -0.25) is 4.79 Å². The minimum absolute atomic E-state index is 0.105. The molecule has 0 saturated heterocycles. The number of benzene rings is 3. The Labute approximate surface area is 218 Å². The summed E-state index contributed by atoms with van der Waals surface area (Å²) in [6.07, 6.45) is -2.94. The van der Waals surface area contributed by atoms with Crippen molar-refractivity contribution in [3.8, 4) is 23.0 Å². The minimum Gasteiger partial charge on any atom is -0.487 e. The largest absolute Gasteiger partial charge is 0.573 e. The normalized spacial score (nSPS) is 12.1. The Morgan fingerprint density at radius 2 is 1.73 bits per heavy atom. The number of hydrogen-bond donors (Lipinski definition) is 1. The summed E-state index contributed by atoms with van der Waals surface area (Å²) in [5.41, 5.74) is 2.19. The molecule has 0 aliphatic carbocycles. The quantitative estimate of drug-likeness (QED) is 0.225. The first-order valence-electron chi connectivity index (χ1n) is 11.9. The lowest BCUT2D eigenvalue weighted by Crippen LogP contribution is -2.17. The molecule has 0 saturated carbocycles. The summed E-state index contributed by atoms with van der Waals surface area (Å²) in [7, 11) is 0. The van der Waals surface area contributed by atoms with Gasteiger partial charge < -0.3 is 19.3 Å². The predicted molar refractivity (Wildman–Crippen MR) is 137 cm³/mol. The average molecular weight is 535 g/mol. The SMILES string of the molecule is CCc1cc(SCC[C@H](C)Oc2ccc(OC(F)(F)F)cc2Oc2ccccc2)ccc1CCC(=O)O. The summed E-state index contributed by atoms with van der Waals surface area (Å²) in [4.78, 5) is 12.0. The van der Waals surface area contributed by atoms with Crippen molar-refractivity contribution in [2.75, 3.05) is 5.75 Å². The molecular formula is C28H29F3O5S. The summed E-state index contributed by atoms with van der Waals surface area (Å²) >= 11 is 1.66. The Bertz CT molecular complexity index is 1170. The number of alkyl halides is 3. The fourth-order valence-corrected chi connectivity index (χ4v) is 4.68. The van der Waals surface area contributed by atoms with Crippen LogP contribution in [-0.2, 0) is 17.6 Å². The lowest BCUT2D eigenvalue weighted by molar-refractivity contribution is -0.274. The van der Waals surface area contributed by atoms with Crippen molar-refractivity contribution in [1.82, 2.24) is 0 Å². The number of halogens is 3. The molecule has 0 heterocycles. The standard InChI is InChI=1S/C28H29F3O5S/c1-3-20-17-24(12-9-21(20)10-14-27(32)33)37-16-15-19(2)34-25-13-11-23(36-28(29,30)31)18-26(25)35-22-7-5-4-6-8-22/h4-9,11-13,17-19H,3,10,14-16H2,1-2H3,(H,32,33)/t19-/m0/s1. The van der Waals surface area contributed by atoms with Gasteiger partial charge >= 0.3 is 12.3 Å². The maximum Gasteiger partial charge on any atom is 0.573 e. The lowest BCUT2D eigenvalue weighted by atomic mass is 10.0. The highest BCUT2D eigenvalue weighted by Crippen LogP contribution is 2.37. The van der Waals surface area contributed by atoms with Crippen LogP contribution in [0.2, 0.25) is 0 Å². The van der Waals surface area contributed by atoms with Crippen LogP contribution < -0.4 is 14.2 Å². The number of ether oxygens (including phenoxy) is 3. The molecule has 0 fully saturated rings. The number of carboxylic acid groups (broad SMARTS) is 1. The third-order valence-corrected chi connectivity index (χ3v) is 6.43. The second-order valence-electron chi connectivity index (χ2n) is 8.31. The number of rotatable bonds is 13. The molecular weight excluding hydrogens is 505 g/mol. The molecule has 0 aliphatic heterocycles. The van der Waals surface area contributed by atoms with Gasteiger partial charge in [-0.1, -0.05) is 31.2 Å². The highest BCUT2D eigenvalue weighted by molar-refractivity contribution is 7.99. The molecule has 3 aromatic rings. The zero-order valence-corrected chi connectivity index (χ0v) is 21.4. The van der Waals surface area contributed by atoms with Crippen molar-refractivity contribution in [2.45, 2.75) is 56.9 Å². The Kier molecular flexibility index (Phi) is 10.1. The van der Waals surface area contributed by atoms with Gasteiger partial charge in [0.25, 0.3) is 0 Å². The van der Waals surface area contributed by atoms with Gasteiger partial charge in [0.1, 0.15) is 11.5 Å². The number of aryl methyl sites for hydroxylation is 2. The fraction of sp³-hybridized carbons (Fsp3) is 0.321. The molecule has 1 N–H and O–H groups in total. The van der Waals surface area contributed by atoms with Gasteiger partial charge in [0.15, 0.2) is 11.5 Å². The van der Waals surface area contributed by atoms with E-state index in [4.69, 9.17) is 14.6 Å². The van der Waals surface area contributed by atoms with Crippen LogP contribution in [0.5, 0.6) is 23.0 Å². The first kappa shape index (κ1) is 28.2. The van der Waals surface area contributed by atoms with E-state index in [1.54, 1.807) is 42.1 Å². The number of hydrogen-bond acceptors (Lipinski definition) is 5. The maximum atomic E-state index is 12.7. The van der Waals surface area contributed by atoms with Crippen LogP contribution in [0.25, 0.3) is 0 Å². The van der Waals surface area contributed by atoms with E-state index in [2.05, 4.69) is 10.8 Å². The van der Waals surface area contributed by atoms with E-state index in [9.17, 15) is 18.0 Å². The second-order valence-corrected chi connectivity index (χ2v) is 9.48. The van der Waals surface area contributed by atoms with Gasteiger partial charge in [0.2, 0.25) is 0 Å². The van der Waals surface area contributed by atoms with Crippen LogP contribution in [0.15, 0.2) is 71.6 Å². The topological polar surface area (TPSA) is 65.0 Å². The molecule has 0 bridgehead atoms. The summed E-state index contributed by atoms with van der Waals surface area (Å²) in [5.74, 6) is 0.437. The van der Waals surface area contributed by atoms with Crippen molar-refractivity contribution >= 4 is 17.7 Å². The number of aliphatic carboxylic acids is 1. The molecule has 3 aromatic carbocycles. The first-order chi connectivity index (χ1) is 17.6. The van der Waals surface area contributed by atoms with Crippen LogP contribution in [0.1, 0.15) is 37.8 Å². The van der Waals surface area contributed by atoms with E-state index in [1.807, 2.05) is 26.0 Å². The highest BCUT2D eigenvalue weighted by Gasteiger charge is 2.31. The van der Waals surface area contributed by atoms with Crippen LogP contribution in [0, 0.1) is 0 Å². The van der Waals surface area contributed by atoms with Gasteiger partial charge in [-0.25, -0.2) is 0 Å². The molecule has 3 rings (SSSR count). The summed E-state index contributed by atoms with van der Waals surface area (Å²) in [5, 5.41) is 8.94. The minimum atomic E-state index is -4.82. The zero-order chi connectivity index (χ0) is 26.8. The summed E-state index contributed by atoms with van der Waals surface area (Å²) in [6.45, 7) is 3.93. The molecule has 1 atom stereocenters. The van der Waals surface area contributed by atoms with Crippen LogP contribution in [-0.4, -0.2) is 29.3 Å². The van der Waals surface area contributed by atoms with Crippen molar-refractivity contribution < 1.29 is 37.3 Å². The Balaban J connectivity index is 1.62. The molecule has 0 aliphatic rings. The monoisotopic (exact) mass is 534 g/mol. The van der Waals surface area contributed by atoms with Crippen molar-refractivity contribution in [3.63, 3.8) is 0 Å². The van der Waals surface area contributed by atoms with Gasteiger partial charge in [-0.05, 0) is 73.7 Å². The van der Waals surface area contributed by atoms with E-state index in [0.717, 1.165) is 34.3 Å². The molecule has 0 spiro atoms. The van der Waals surface area contributed by atoms with Gasteiger partial charge in [0.05, 0.1) is 6.10 Å². The number of thioether (sulfide) groups is 1. The summed E-state index contributed by atoms with van der Waals surface area (Å²) < 4.78 is 54.0. The number of para-hydroxylation sites is 1. The Morgan fingerprint density at radius 3 is 2.41 bits per heavy atom. The van der Waals surface area contributed by atoms with Crippen LogP contribution in [0.3, 0.4) is 0 Å². The predicted octanol–water partition coefficient (Wildman–Crippen LogP) is 7.91. The smallest absolute Gasteiger partial charge is 0.487 e. The molecule has 0 radical (unpaired) electrons. The van der Waals surface area contributed by atoms with E-state index in [0.29, 0.717) is 24.3 Å². The van der Waals surface area contributed by atoms with Crippen molar-refractivity contribution in [2.24, 2.45) is 0 Å². The molecule has 0 amide bonds. The van der Waals surface area contributed by atoms with E-state index in [1.165, 1.54) is 12.1 Å². The van der Waals surface area contributed by atoms with E-state index >= 15 is 0 Å². The third kappa shape index (κ3) is 9.57. The van der Waals surface area contributed by atoms with Crippen molar-refractivity contribution in [1.29, 1.82) is 0 Å². The number of carboxylic acids is 1. The van der Waals surface area contributed by atoms with Crippen molar-refractivity contribution in [3.05, 3.63) is 77.9 Å².